The molecule has 0 saturated heterocycles. The molecule has 50 valence electrons. The first-order valence-corrected chi connectivity index (χ1v) is 3.41. The third-order valence-corrected chi connectivity index (χ3v) is 0.558. The van der Waals surface area contributed by atoms with Crippen LogP contribution in [0, 0.1) is 0 Å². The fourth-order valence-electron chi connectivity index (χ4n) is 0.118. The van der Waals surface area contributed by atoms with Gasteiger partial charge in [0.2, 0.25) is 0 Å². The summed E-state index contributed by atoms with van der Waals surface area (Å²) in [4.78, 5) is 0. The standard InChI is InChI=1S/C3H9OP.C3H6/c1-4-2-3-5;1-3-2/h2-3,5H2,1H3;3H,1H2,2H3. The second-order valence-electron chi connectivity index (χ2n) is 1.19. The van der Waals surface area contributed by atoms with Gasteiger partial charge in [-0.05, 0) is 13.1 Å². The Balaban J connectivity index is 0. The first-order valence-electron chi connectivity index (χ1n) is 2.59. The maximum Gasteiger partial charge on any atom is 0.0496 e. The Kier molecular flexibility index (Phi) is 21.6. The molecule has 0 heterocycles. The van der Waals surface area contributed by atoms with Gasteiger partial charge in [-0.3, -0.25) is 0 Å². The molecule has 0 aromatic heterocycles. The largest absolute Gasteiger partial charge is 0.384 e. The quantitative estimate of drug-likeness (QED) is 0.412. The fraction of sp³-hybridized carbons (Fsp3) is 0.667. The van der Waals surface area contributed by atoms with Crippen LogP contribution in [0.1, 0.15) is 6.92 Å². The highest BCUT2D eigenvalue weighted by atomic mass is 31.0. The first kappa shape index (κ1) is 11.0. The molecule has 0 amide bonds. The van der Waals surface area contributed by atoms with E-state index in [1.807, 2.05) is 6.92 Å². The number of ether oxygens (including phenoxy) is 1. The van der Waals surface area contributed by atoms with E-state index in [1.165, 1.54) is 0 Å². The summed E-state index contributed by atoms with van der Waals surface area (Å²) in [5, 5.41) is 0. The Morgan fingerprint density at radius 3 is 2.12 bits per heavy atom. The molecule has 0 aliphatic carbocycles. The molecule has 2 heteroatoms. The zero-order valence-electron chi connectivity index (χ0n) is 5.68. The van der Waals surface area contributed by atoms with Gasteiger partial charge in [-0.1, -0.05) is 6.08 Å². The normalized spacial score (nSPS) is 6.88. The van der Waals surface area contributed by atoms with Crippen LogP contribution in [0.15, 0.2) is 12.7 Å². The van der Waals surface area contributed by atoms with E-state index in [-0.39, 0.29) is 0 Å². The van der Waals surface area contributed by atoms with Crippen molar-refractivity contribution >= 4 is 9.24 Å². The summed E-state index contributed by atoms with van der Waals surface area (Å²) in [6, 6.07) is 0. The van der Waals surface area contributed by atoms with E-state index in [9.17, 15) is 0 Å². The average Bonchev–Trinajstić information content (AvgIpc) is 1.71. The van der Waals surface area contributed by atoms with Crippen LogP contribution in [0.4, 0.5) is 0 Å². The number of hydrogen-bond acceptors (Lipinski definition) is 1. The molecule has 0 aliphatic rings. The first-order chi connectivity index (χ1) is 3.83. The number of rotatable bonds is 2. The minimum absolute atomic E-state index is 0.852. The van der Waals surface area contributed by atoms with Gasteiger partial charge < -0.3 is 4.74 Å². The smallest absolute Gasteiger partial charge is 0.0496 e. The Hall–Kier alpha value is 0.130. The molecule has 0 saturated carbocycles. The van der Waals surface area contributed by atoms with Crippen LogP contribution < -0.4 is 0 Å². The predicted molar refractivity (Wildman–Crippen MR) is 42.3 cm³/mol. The summed E-state index contributed by atoms with van der Waals surface area (Å²) in [5.74, 6) is 0. The van der Waals surface area contributed by atoms with Gasteiger partial charge >= 0.3 is 0 Å². The summed E-state index contributed by atoms with van der Waals surface area (Å²) in [7, 11) is 4.27. The molecule has 1 atom stereocenters. The Bertz CT molecular complexity index is 35.5. The highest BCUT2D eigenvalue weighted by molar-refractivity contribution is 7.16. The lowest BCUT2D eigenvalue weighted by Gasteiger charge is -1.84. The maximum absolute atomic E-state index is 4.67. The summed E-state index contributed by atoms with van der Waals surface area (Å²) in [6.45, 7) is 6.10. The minimum atomic E-state index is 0.852. The van der Waals surface area contributed by atoms with Crippen LogP contribution in [0.3, 0.4) is 0 Å². The van der Waals surface area contributed by atoms with Crippen molar-refractivity contribution in [3.8, 4) is 0 Å². The molecule has 1 unspecified atom stereocenters. The third-order valence-electron chi connectivity index (χ3n) is 0.322. The monoisotopic (exact) mass is 134 g/mol. The van der Waals surface area contributed by atoms with Crippen LogP contribution in [0.25, 0.3) is 0 Å². The Morgan fingerprint density at radius 2 is 2.12 bits per heavy atom. The molecule has 0 aromatic carbocycles. The molecule has 0 aliphatic heterocycles. The van der Waals surface area contributed by atoms with E-state index in [0.29, 0.717) is 0 Å². The van der Waals surface area contributed by atoms with Crippen molar-refractivity contribution in [2.45, 2.75) is 6.92 Å². The third kappa shape index (κ3) is 35.6. The van der Waals surface area contributed by atoms with Crippen molar-refractivity contribution in [2.75, 3.05) is 19.9 Å². The number of allylic oxidation sites excluding steroid dienone is 1. The van der Waals surface area contributed by atoms with Crippen LogP contribution >= 0.6 is 9.24 Å². The van der Waals surface area contributed by atoms with E-state index in [4.69, 9.17) is 0 Å². The fourth-order valence-corrected chi connectivity index (χ4v) is 0.354. The van der Waals surface area contributed by atoms with E-state index in [0.717, 1.165) is 12.8 Å². The zero-order chi connectivity index (χ0) is 6.83. The molecule has 0 N–H and O–H groups in total. The van der Waals surface area contributed by atoms with Crippen LogP contribution in [0.2, 0.25) is 0 Å². The molecule has 8 heavy (non-hydrogen) atoms. The molecule has 0 rings (SSSR count). The molecular weight excluding hydrogens is 119 g/mol. The lowest BCUT2D eigenvalue weighted by Crippen LogP contribution is -1.84. The van der Waals surface area contributed by atoms with Crippen molar-refractivity contribution in [1.29, 1.82) is 0 Å². The predicted octanol–water partition coefficient (Wildman–Crippen LogP) is 1.70. The topological polar surface area (TPSA) is 9.23 Å². The van der Waals surface area contributed by atoms with Gasteiger partial charge in [-0.15, -0.1) is 15.8 Å². The SMILES string of the molecule is C=CC.COCCP. The molecule has 0 spiro atoms. The lowest BCUT2D eigenvalue weighted by atomic mass is 10.8. The summed E-state index contributed by atoms with van der Waals surface area (Å²) < 4.78 is 4.67. The van der Waals surface area contributed by atoms with Crippen LogP contribution in [-0.2, 0) is 4.74 Å². The molecule has 0 aromatic rings. The Morgan fingerprint density at radius 1 is 1.75 bits per heavy atom. The van der Waals surface area contributed by atoms with E-state index >= 15 is 0 Å². The molecule has 1 nitrogen and oxygen atoms in total. The van der Waals surface area contributed by atoms with Crippen molar-refractivity contribution in [2.24, 2.45) is 0 Å². The van der Waals surface area contributed by atoms with Crippen molar-refractivity contribution in [1.82, 2.24) is 0 Å². The van der Waals surface area contributed by atoms with Crippen molar-refractivity contribution in [3.63, 3.8) is 0 Å². The van der Waals surface area contributed by atoms with Gasteiger partial charge in [-0.2, -0.15) is 0 Å². The van der Waals surface area contributed by atoms with Crippen LogP contribution in [0.5, 0.6) is 0 Å². The van der Waals surface area contributed by atoms with Gasteiger partial charge in [0, 0.05) is 13.7 Å². The molecule has 0 radical (unpaired) electrons. The minimum Gasteiger partial charge on any atom is -0.384 e. The molecule has 0 bridgehead atoms. The second kappa shape index (κ2) is 15.7. The van der Waals surface area contributed by atoms with Crippen molar-refractivity contribution in [3.05, 3.63) is 12.7 Å². The number of hydrogen-bond donors (Lipinski definition) is 0. The average molecular weight is 134 g/mol. The van der Waals surface area contributed by atoms with Crippen LogP contribution in [-0.4, -0.2) is 19.9 Å². The van der Waals surface area contributed by atoms with Gasteiger partial charge in [0.05, 0.1) is 0 Å². The Labute approximate surface area is 54.3 Å². The second-order valence-corrected chi connectivity index (χ2v) is 1.77. The highest BCUT2D eigenvalue weighted by Gasteiger charge is 1.66. The molecule has 0 fully saturated rings. The van der Waals surface area contributed by atoms with E-state index < -0.39 is 0 Å². The highest BCUT2D eigenvalue weighted by Crippen LogP contribution is 1.76. The van der Waals surface area contributed by atoms with Gasteiger partial charge in [0.15, 0.2) is 0 Å². The van der Waals surface area contributed by atoms with Gasteiger partial charge in [-0.25, -0.2) is 0 Å². The summed E-state index contributed by atoms with van der Waals surface area (Å²) >= 11 is 0. The zero-order valence-corrected chi connectivity index (χ0v) is 6.84. The lowest BCUT2D eigenvalue weighted by molar-refractivity contribution is 0.218. The van der Waals surface area contributed by atoms with E-state index in [2.05, 4.69) is 20.6 Å². The van der Waals surface area contributed by atoms with Gasteiger partial charge in [0.25, 0.3) is 0 Å². The summed E-state index contributed by atoms with van der Waals surface area (Å²) in [5.41, 5.74) is 0. The summed E-state index contributed by atoms with van der Waals surface area (Å²) in [6.07, 6.45) is 2.79. The van der Waals surface area contributed by atoms with E-state index in [1.54, 1.807) is 13.2 Å². The van der Waals surface area contributed by atoms with Gasteiger partial charge in [0.1, 0.15) is 0 Å². The maximum atomic E-state index is 4.67. The molecular formula is C6H15OP. The number of methoxy groups -OCH3 is 1. The van der Waals surface area contributed by atoms with Crippen molar-refractivity contribution < 1.29 is 4.74 Å².